The van der Waals surface area contributed by atoms with E-state index in [1.54, 1.807) is 0 Å². The van der Waals surface area contributed by atoms with Gasteiger partial charge in [0.25, 0.3) is 10.0 Å². The number of benzene rings is 1. The molecule has 0 aliphatic carbocycles. The highest BCUT2D eigenvalue weighted by Gasteiger charge is 2.17. The van der Waals surface area contributed by atoms with E-state index in [9.17, 15) is 12.8 Å². The molecule has 9 heteroatoms. The molecular weight excluding hydrogens is 353 g/mol. The molecule has 1 aromatic heterocycles. The van der Waals surface area contributed by atoms with Gasteiger partial charge in [0.15, 0.2) is 0 Å². The van der Waals surface area contributed by atoms with Crippen LogP contribution in [0, 0.1) is 5.82 Å². The molecule has 0 atom stereocenters. The summed E-state index contributed by atoms with van der Waals surface area (Å²) in [6, 6.07) is 3.91. The van der Waals surface area contributed by atoms with Crippen LogP contribution >= 0.6 is 15.9 Å². The van der Waals surface area contributed by atoms with Crippen LogP contribution in [0.25, 0.3) is 0 Å². The molecule has 1 heterocycles. The smallest absolute Gasteiger partial charge is 0.265 e. The van der Waals surface area contributed by atoms with Gasteiger partial charge in [-0.25, -0.2) is 12.8 Å². The summed E-state index contributed by atoms with van der Waals surface area (Å²) in [5, 5.41) is 12.6. The maximum atomic E-state index is 13.3. The molecule has 2 N–H and O–H groups in total. The zero-order valence-corrected chi connectivity index (χ0v) is 12.5. The molecule has 0 spiro atoms. The molecule has 0 aliphatic rings. The lowest BCUT2D eigenvalue weighted by molar-refractivity contribution is 0.269. The standard InChI is InChI=1S/C11H11BrFN3O3S/c12-10-2-1-8(5-11(10)13)15-20(18,19)9-6-14-16(7-9)3-4-17/h1-2,5-7,15,17H,3-4H2. The normalized spacial score (nSPS) is 11.6. The Morgan fingerprint density at radius 2 is 2.20 bits per heavy atom. The maximum absolute atomic E-state index is 13.3. The number of hydrogen-bond acceptors (Lipinski definition) is 4. The molecule has 6 nitrogen and oxygen atoms in total. The van der Waals surface area contributed by atoms with Crippen molar-refractivity contribution in [3.05, 3.63) is 40.9 Å². The minimum atomic E-state index is -3.84. The molecule has 1 aromatic carbocycles. The Kier molecular flexibility index (Phi) is 4.41. The van der Waals surface area contributed by atoms with E-state index in [-0.39, 0.29) is 28.2 Å². The molecule has 0 unspecified atom stereocenters. The number of aromatic nitrogens is 2. The minimum absolute atomic E-state index is 0.0609. The van der Waals surface area contributed by atoms with E-state index in [0.29, 0.717) is 0 Å². The maximum Gasteiger partial charge on any atom is 0.265 e. The van der Waals surface area contributed by atoms with Crippen LogP contribution < -0.4 is 4.72 Å². The van der Waals surface area contributed by atoms with E-state index in [4.69, 9.17) is 5.11 Å². The minimum Gasteiger partial charge on any atom is -0.394 e. The first kappa shape index (κ1) is 14.9. The average molecular weight is 364 g/mol. The number of aliphatic hydroxyl groups is 1. The topological polar surface area (TPSA) is 84.2 Å². The molecule has 108 valence electrons. The highest BCUT2D eigenvalue weighted by molar-refractivity contribution is 9.10. The van der Waals surface area contributed by atoms with Gasteiger partial charge in [-0.15, -0.1) is 0 Å². The highest BCUT2D eigenvalue weighted by atomic mass is 79.9. The third kappa shape index (κ3) is 3.35. The summed E-state index contributed by atoms with van der Waals surface area (Å²) in [5.41, 5.74) is 0.112. The van der Waals surface area contributed by atoms with Crippen LogP contribution in [0.15, 0.2) is 40.0 Å². The van der Waals surface area contributed by atoms with Crippen molar-refractivity contribution < 1.29 is 17.9 Å². The molecule has 20 heavy (non-hydrogen) atoms. The van der Waals surface area contributed by atoms with E-state index < -0.39 is 15.8 Å². The van der Waals surface area contributed by atoms with Crippen LogP contribution in [0.1, 0.15) is 0 Å². The van der Waals surface area contributed by atoms with Gasteiger partial charge in [0.05, 0.1) is 29.5 Å². The largest absolute Gasteiger partial charge is 0.394 e. The second-order valence-corrected chi connectivity index (χ2v) is 6.43. The number of anilines is 1. The molecule has 0 bridgehead atoms. The van der Waals surface area contributed by atoms with Crippen LogP contribution in [0.3, 0.4) is 0 Å². The number of sulfonamides is 1. The third-order valence-electron chi connectivity index (χ3n) is 2.42. The second-order valence-electron chi connectivity index (χ2n) is 3.90. The van der Waals surface area contributed by atoms with Crippen molar-refractivity contribution in [1.29, 1.82) is 0 Å². The molecule has 0 amide bonds. The third-order valence-corrected chi connectivity index (χ3v) is 4.40. The fourth-order valence-corrected chi connectivity index (χ4v) is 2.73. The van der Waals surface area contributed by atoms with E-state index in [1.807, 2.05) is 0 Å². The van der Waals surface area contributed by atoms with Gasteiger partial charge in [-0.3, -0.25) is 9.40 Å². The average Bonchev–Trinajstić information content (AvgIpc) is 2.83. The summed E-state index contributed by atoms with van der Waals surface area (Å²) in [7, 11) is -3.84. The summed E-state index contributed by atoms with van der Waals surface area (Å²) < 4.78 is 41.2. The van der Waals surface area contributed by atoms with Gasteiger partial charge in [0, 0.05) is 6.20 Å². The van der Waals surface area contributed by atoms with Crippen LogP contribution in [0.4, 0.5) is 10.1 Å². The quantitative estimate of drug-likeness (QED) is 0.844. The Labute approximate surface area is 123 Å². The molecule has 2 rings (SSSR count). The van der Waals surface area contributed by atoms with Crippen LogP contribution in [0.5, 0.6) is 0 Å². The van der Waals surface area contributed by atoms with E-state index in [0.717, 1.165) is 12.3 Å². The Hall–Kier alpha value is -1.45. The predicted octanol–water partition coefficient (Wildman–Crippen LogP) is 1.58. The first-order chi connectivity index (χ1) is 9.42. The van der Waals surface area contributed by atoms with Gasteiger partial charge in [-0.1, -0.05) is 0 Å². The monoisotopic (exact) mass is 363 g/mol. The van der Waals surface area contributed by atoms with Crippen molar-refractivity contribution in [3.8, 4) is 0 Å². The second kappa shape index (κ2) is 5.90. The van der Waals surface area contributed by atoms with Crippen LogP contribution in [-0.4, -0.2) is 29.9 Å². The Bertz CT molecular complexity index is 717. The first-order valence-corrected chi connectivity index (χ1v) is 7.81. The van der Waals surface area contributed by atoms with E-state index >= 15 is 0 Å². The zero-order valence-electron chi connectivity index (χ0n) is 10.1. The number of aliphatic hydroxyl groups excluding tert-OH is 1. The molecule has 0 aliphatic heterocycles. The molecule has 0 fully saturated rings. The number of nitrogens with zero attached hydrogens (tertiary/aromatic N) is 2. The molecule has 0 radical (unpaired) electrons. The number of hydrogen-bond donors (Lipinski definition) is 2. The summed E-state index contributed by atoms with van der Waals surface area (Å²) in [6.07, 6.45) is 2.45. The van der Waals surface area contributed by atoms with Crippen molar-refractivity contribution in [1.82, 2.24) is 9.78 Å². The summed E-state index contributed by atoms with van der Waals surface area (Å²) in [4.78, 5) is -0.0609. The summed E-state index contributed by atoms with van der Waals surface area (Å²) in [6.45, 7) is 0.0505. The van der Waals surface area contributed by atoms with Crippen LogP contribution in [-0.2, 0) is 16.6 Å². The van der Waals surface area contributed by atoms with Gasteiger partial charge in [0.2, 0.25) is 0 Å². The number of rotatable bonds is 5. The molecule has 2 aromatic rings. The first-order valence-electron chi connectivity index (χ1n) is 5.53. The number of nitrogens with one attached hydrogen (secondary N) is 1. The Morgan fingerprint density at radius 3 is 2.85 bits per heavy atom. The molecular formula is C11H11BrFN3O3S. The van der Waals surface area contributed by atoms with Gasteiger partial charge < -0.3 is 5.11 Å². The van der Waals surface area contributed by atoms with Crippen LogP contribution in [0.2, 0.25) is 0 Å². The lowest BCUT2D eigenvalue weighted by Gasteiger charge is -2.06. The Morgan fingerprint density at radius 1 is 1.45 bits per heavy atom. The zero-order chi connectivity index (χ0) is 14.8. The van der Waals surface area contributed by atoms with Crippen molar-refractivity contribution in [3.63, 3.8) is 0 Å². The lowest BCUT2D eigenvalue weighted by atomic mass is 10.3. The SMILES string of the molecule is O=S(=O)(Nc1ccc(Br)c(F)c1)c1cnn(CCO)c1. The van der Waals surface area contributed by atoms with Gasteiger partial charge in [-0.2, -0.15) is 5.10 Å². The van der Waals surface area contributed by atoms with Crippen molar-refractivity contribution in [2.45, 2.75) is 11.4 Å². The predicted molar refractivity (Wildman–Crippen MR) is 74.2 cm³/mol. The highest BCUT2D eigenvalue weighted by Crippen LogP contribution is 2.21. The summed E-state index contributed by atoms with van der Waals surface area (Å²) >= 11 is 2.99. The van der Waals surface area contributed by atoms with E-state index in [1.165, 1.54) is 23.0 Å². The van der Waals surface area contributed by atoms with Crippen molar-refractivity contribution in [2.75, 3.05) is 11.3 Å². The molecule has 0 saturated carbocycles. The summed E-state index contributed by atoms with van der Waals surface area (Å²) in [5.74, 6) is -0.568. The van der Waals surface area contributed by atoms with Crippen molar-refractivity contribution in [2.24, 2.45) is 0 Å². The molecule has 0 saturated heterocycles. The van der Waals surface area contributed by atoms with Crippen molar-refractivity contribution >= 4 is 31.6 Å². The lowest BCUT2D eigenvalue weighted by Crippen LogP contribution is -2.12. The number of halogens is 2. The Balaban J connectivity index is 2.23. The van der Waals surface area contributed by atoms with Gasteiger partial charge in [-0.05, 0) is 34.1 Å². The van der Waals surface area contributed by atoms with E-state index in [2.05, 4.69) is 25.8 Å². The van der Waals surface area contributed by atoms with Gasteiger partial charge >= 0.3 is 0 Å². The fourth-order valence-electron chi connectivity index (χ4n) is 1.48. The van der Waals surface area contributed by atoms with Gasteiger partial charge in [0.1, 0.15) is 10.7 Å². The fraction of sp³-hybridized carbons (Fsp3) is 0.182.